The molecule has 3 N–H and O–H groups in total. The van der Waals surface area contributed by atoms with Gasteiger partial charge in [0.05, 0.1) is 19.3 Å². The van der Waals surface area contributed by atoms with Crippen molar-refractivity contribution in [2.45, 2.75) is 39.3 Å². The van der Waals surface area contributed by atoms with Crippen LogP contribution in [0.3, 0.4) is 0 Å². The van der Waals surface area contributed by atoms with Crippen LogP contribution in [0.1, 0.15) is 42.6 Å². The van der Waals surface area contributed by atoms with E-state index in [0.29, 0.717) is 25.0 Å². The summed E-state index contributed by atoms with van der Waals surface area (Å²) in [4.78, 5) is 8.65. The Morgan fingerprint density at radius 2 is 2.00 bits per heavy atom. The van der Waals surface area contributed by atoms with Crippen LogP contribution in [0.15, 0.2) is 47.7 Å². The fraction of sp³-hybridized carbons (Fsp3) is 0.455. The molecule has 0 aliphatic heterocycles. The molecule has 0 spiro atoms. The van der Waals surface area contributed by atoms with Crippen molar-refractivity contribution >= 4 is 29.9 Å². The molecule has 1 fully saturated rings. The van der Waals surface area contributed by atoms with Crippen LogP contribution in [0, 0.1) is 12.8 Å². The Morgan fingerprint density at radius 3 is 2.69 bits per heavy atom. The predicted molar refractivity (Wildman–Crippen MR) is 127 cm³/mol. The van der Waals surface area contributed by atoms with E-state index in [9.17, 15) is 5.11 Å². The number of aryl methyl sites for hydroxylation is 1. The number of ether oxygens (including phenoxy) is 1. The number of aromatic nitrogens is 1. The molecule has 1 aromatic heterocycles. The van der Waals surface area contributed by atoms with Gasteiger partial charge in [-0.1, -0.05) is 12.1 Å². The number of benzene rings is 1. The van der Waals surface area contributed by atoms with Gasteiger partial charge in [0.2, 0.25) is 0 Å². The monoisotopic (exact) mass is 510 g/mol. The molecule has 2 aromatic rings. The molecule has 1 atom stereocenters. The molecule has 1 aliphatic carbocycles. The average Bonchev–Trinajstić information content (AvgIpc) is 3.54. The highest BCUT2D eigenvalue weighted by Crippen LogP contribution is 2.31. The van der Waals surface area contributed by atoms with Gasteiger partial charge in [0.15, 0.2) is 5.96 Å². The van der Waals surface area contributed by atoms with E-state index in [2.05, 4.69) is 45.7 Å². The SMILES string of the molecule is CCNC(=NCc1ccc(C)cc1OCC1CC1)NCC(O)c1ccncc1.I. The highest BCUT2D eigenvalue weighted by molar-refractivity contribution is 14.0. The maximum atomic E-state index is 10.3. The molecule has 1 unspecified atom stereocenters. The van der Waals surface area contributed by atoms with Crippen molar-refractivity contribution in [1.29, 1.82) is 0 Å². The van der Waals surface area contributed by atoms with Gasteiger partial charge in [-0.3, -0.25) is 4.98 Å². The highest BCUT2D eigenvalue weighted by Gasteiger charge is 2.22. The van der Waals surface area contributed by atoms with Gasteiger partial charge >= 0.3 is 0 Å². The molecule has 1 aliphatic rings. The maximum Gasteiger partial charge on any atom is 0.191 e. The van der Waals surface area contributed by atoms with Gasteiger partial charge in [0, 0.05) is 31.0 Å². The molecule has 3 rings (SSSR count). The first-order chi connectivity index (χ1) is 13.7. The first-order valence-corrected chi connectivity index (χ1v) is 9.98. The van der Waals surface area contributed by atoms with Crippen molar-refractivity contribution in [3.8, 4) is 5.75 Å². The number of halogens is 1. The molecule has 7 heteroatoms. The second kappa shape index (κ2) is 12.0. The lowest BCUT2D eigenvalue weighted by atomic mass is 10.1. The molecule has 158 valence electrons. The van der Waals surface area contributed by atoms with Gasteiger partial charge in [-0.2, -0.15) is 0 Å². The zero-order valence-corrected chi connectivity index (χ0v) is 19.4. The summed E-state index contributed by atoms with van der Waals surface area (Å²) in [5.41, 5.74) is 3.08. The van der Waals surface area contributed by atoms with E-state index < -0.39 is 6.10 Å². The van der Waals surface area contributed by atoms with Crippen LogP contribution >= 0.6 is 24.0 Å². The van der Waals surface area contributed by atoms with Gasteiger partial charge in [-0.25, -0.2) is 4.99 Å². The van der Waals surface area contributed by atoms with E-state index in [1.807, 2.05) is 19.1 Å². The Hall–Kier alpha value is -1.87. The minimum absolute atomic E-state index is 0. The number of nitrogens with zero attached hydrogens (tertiary/aromatic N) is 2. The van der Waals surface area contributed by atoms with Crippen molar-refractivity contribution in [1.82, 2.24) is 15.6 Å². The van der Waals surface area contributed by atoms with Crippen molar-refractivity contribution in [3.05, 3.63) is 59.4 Å². The molecule has 0 amide bonds. The lowest BCUT2D eigenvalue weighted by molar-refractivity contribution is 0.180. The van der Waals surface area contributed by atoms with Crippen LogP contribution in [-0.2, 0) is 6.54 Å². The number of guanidine groups is 1. The molecular formula is C22H31IN4O2. The number of rotatable bonds is 9. The lowest BCUT2D eigenvalue weighted by Crippen LogP contribution is -2.39. The first-order valence-electron chi connectivity index (χ1n) is 9.98. The predicted octanol–water partition coefficient (Wildman–Crippen LogP) is 3.59. The summed E-state index contributed by atoms with van der Waals surface area (Å²) in [5, 5.41) is 16.8. The number of hydrogen-bond donors (Lipinski definition) is 3. The third kappa shape index (κ3) is 7.81. The topological polar surface area (TPSA) is 78.8 Å². The van der Waals surface area contributed by atoms with Crippen molar-refractivity contribution in [2.24, 2.45) is 10.9 Å². The third-order valence-corrected chi connectivity index (χ3v) is 4.70. The summed E-state index contributed by atoms with van der Waals surface area (Å²) in [6.07, 6.45) is 5.28. The summed E-state index contributed by atoms with van der Waals surface area (Å²) in [7, 11) is 0. The molecule has 29 heavy (non-hydrogen) atoms. The van der Waals surface area contributed by atoms with E-state index in [1.54, 1.807) is 12.4 Å². The number of nitrogens with one attached hydrogen (secondary N) is 2. The Balaban J connectivity index is 0.00000300. The number of aliphatic hydroxyl groups excluding tert-OH is 1. The molecule has 6 nitrogen and oxygen atoms in total. The first kappa shape index (κ1) is 23.4. The van der Waals surface area contributed by atoms with E-state index in [4.69, 9.17) is 4.74 Å². The molecule has 0 bridgehead atoms. The highest BCUT2D eigenvalue weighted by atomic mass is 127. The van der Waals surface area contributed by atoms with E-state index in [0.717, 1.165) is 30.0 Å². The van der Waals surface area contributed by atoms with Gasteiger partial charge in [-0.15, -0.1) is 24.0 Å². The Labute approximate surface area is 190 Å². The average molecular weight is 510 g/mol. The lowest BCUT2D eigenvalue weighted by Gasteiger charge is -2.16. The summed E-state index contributed by atoms with van der Waals surface area (Å²) in [6, 6.07) is 9.87. The fourth-order valence-electron chi connectivity index (χ4n) is 2.82. The second-order valence-electron chi connectivity index (χ2n) is 7.24. The zero-order chi connectivity index (χ0) is 19.8. The second-order valence-corrected chi connectivity index (χ2v) is 7.24. The molecular weight excluding hydrogens is 479 g/mol. The van der Waals surface area contributed by atoms with Crippen LogP contribution in [0.2, 0.25) is 0 Å². The van der Waals surface area contributed by atoms with Crippen LogP contribution in [0.5, 0.6) is 5.75 Å². The van der Waals surface area contributed by atoms with E-state index >= 15 is 0 Å². The molecule has 0 saturated heterocycles. The smallest absolute Gasteiger partial charge is 0.191 e. The summed E-state index contributed by atoms with van der Waals surface area (Å²) < 4.78 is 6.03. The molecule has 1 heterocycles. The number of pyridine rings is 1. The van der Waals surface area contributed by atoms with Gasteiger partial charge in [0.25, 0.3) is 0 Å². The van der Waals surface area contributed by atoms with E-state index in [1.165, 1.54) is 18.4 Å². The normalized spacial score (nSPS) is 14.7. The number of aliphatic hydroxyl groups is 1. The molecule has 1 saturated carbocycles. The zero-order valence-electron chi connectivity index (χ0n) is 17.1. The van der Waals surface area contributed by atoms with E-state index in [-0.39, 0.29) is 24.0 Å². The standard InChI is InChI=1S/C22H30N4O2.HI/c1-3-24-22(26-14-20(27)18-8-10-23-11-9-18)25-13-19-7-4-16(2)12-21(19)28-15-17-5-6-17;/h4,7-12,17,20,27H,3,5-6,13-15H2,1-2H3,(H2,24,25,26);1H. The van der Waals surface area contributed by atoms with Crippen LogP contribution < -0.4 is 15.4 Å². The number of aliphatic imine (C=N–C) groups is 1. The Kier molecular flexibility index (Phi) is 9.66. The minimum Gasteiger partial charge on any atom is -0.493 e. The Bertz CT molecular complexity index is 782. The molecule has 1 aromatic carbocycles. The van der Waals surface area contributed by atoms with Crippen molar-refractivity contribution in [3.63, 3.8) is 0 Å². The summed E-state index contributed by atoms with van der Waals surface area (Å²) in [5.74, 6) is 2.30. The van der Waals surface area contributed by atoms with Gasteiger partial charge < -0.3 is 20.5 Å². The number of hydrogen-bond acceptors (Lipinski definition) is 4. The Morgan fingerprint density at radius 1 is 1.24 bits per heavy atom. The molecule has 0 radical (unpaired) electrons. The maximum absolute atomic E-state index is 10.3. The van der Waals surface area contributed by atoms with Crippen LogP contribution in [0.4, 0.5) is 0 Å². The van der Waals surface area contributed by atoms with Crippen molar-refractivity contribution < 1.29 is 9.84 Å². The fourth-order valence-corrected chi connectivity index (χ4v) is 2.82. The van der Waals surface area contributed by atoms with Crippen LogP contribution in [0.25, 0.3) is 0 Å². The minimum atomic E-state index is -0.622. The third-order valence-electron chi connectivity index (χ3n) is 4.70. The van der Waals surface area contributed by atoms with Gasteiger partial charge in [-0.05, 0) is 61.9 Å². The van der Waals surface area contributed by atoms with Gasteiger partial charge in [0.1, 0.15) is 5.75 Å². The summed E-state index contributed by atoms with van der Waals surface area (Å²) >= 11 is 0. The quantitative estimate of drug-likeness (QED) is 0.273. The summed E-state index contributed by atoms with van der Waals surface area (Å²) in [6.45, 7) is 6.51. The van der Waals surface area contributed by atoms with Crippen molar-refractivity contribution in [2.75, 3.05) is 19.7 Å². The largest absolute Gasteiger partial charge is 0.493 e. The van der Waals surface area contributed by atoms with Crippen LogP contribution in [-0.4, -0.2) is 35.7 Å².